The Kier molecular flexibility index (Phi) is 8.24. The summed E-state index contributed by atoms with van der Waals surface area (Å²) < 4.78 is 0. The zero-order chi connectivity index (χ0) is 20.5. The summed E-state index contributed by atoms with van der Waals surface area (Å²) in [5, 5.41) is 2.95. The average molecular weight is 381 g/mol. The summed E-state index contributed by atoms with van der Waals surface area (Å²) >= 11 is 0. The summed E-state index contributed by atoms with van der Waals surface area (Å²) in [7, 11) is 0. The molecular weight excluding hydrogens is 348 g/mol. The third-order valence-electron chi connectivity index (χ3n) is 4.77. The summed E-state index contributed by atoms with van der Waals surface area (Å²) in [4.78, 5) is 27.7. The van der Waals surface area contributed by atoms with Crippen LogP contribution >= 0.6 is 0 Å². The van der Waals surface area contributed by atoms with Gasteiger partial charge in [-0.05, 0) is 37.8 Å². The molecule has 2 amide bonds. The second kappa shape index (κ2) is 10.6. The molecule has 0 aromatic heterocycles. The van der Waals surface area contributed by atoms with Crippen molar-refractivity contribution in [2.45, 2.75) is 59.5 Å². The van der Waals surface area contributed by atoms with E-state index in [-0.39, 0.29) is 11.8 Å². The van der Waals surface area contributed by atoms with E-state index in [2.05, 4.69) is 11.4 Å². The van der Waals surface area contributed by atoms with E-state index in [1.807, 2.05) is 70.2 Å². The quantitative estimate of drug-likeness (QED) is 0.709. The van der Waals surface area contributed by atoms with Gasteiger partial charge in [-0.2, -0.15) is 0 Å². The number of hydrogen-bond donors (Lipinski definition) is 1. The smallest absolute Gasteiger partial charge is 0.242 e. The lowest BCUT2D eigenvalue weighted by Crippen LogP contribution is -2.49. The van der Waals surface area contributed by atoms with Crippen molar-refractivity contribution in [1.29, 1.82) is 0 Å². The monoisotopic (exact) mass is 380 g/mol. The first-order valence-corrected chi connectivity index (χ1v) is 10.1. The zero-order valence-electron chi connectivity index (χ0n) is 17.5. The predicted octanol–water partition coefficient (Wildman–Crippen LogP) is 4.18. The fraction of sp³-hybridized carbons (Fsp3) is 0.417. The maximum absolute atomic E-state index is 13.3. The molecule has 1 unspecified atom stereocenters. The van der Waals surface area contributed by atoms with Gasteiger partial charge in [-0.1, -0.05) is 73.5 Å². The SMILES string of the molecule is CCCNC(=O)C(CC)N(Cc1ccccc1)C(=O)Cc1cc(C)cc(C)c1. The number of hydrogen-bond acceptors (Lipinski definition) is 2. The molecule has 0 heterocycles. The average Bonchev–Trinajstić information content (AvgIpc) is 2.66. The lowest BCUT2D eigenvalue weighted by Gasteiger charge is -2.31. The Morgan fingerprint density at radius 2 is 1.61 bits per heavy atom. The lowest BCUT2D eigenvalue weighted by molar-refractivity contribution is -0.140. The zero-order valence-corrected chi connectivity index (χ0v) is 17.5. The van der Waals surface area contributed by atoms with Crippen molar-refractivity contribution in [2.75, 3.05) is 6.54 Å². The Bertz CT molecular complexity index is 766. The largest absolute Gasteiger partial charge is 0.354 e. The number of aryl methyl sites for hydroxylation is 2. The fourth-order valence-electron chi connectivity index (χ4n) is 3.51. The van der Waals surface area contributed by atoms with Crippen LogP contribution in [0.15, 0.2) is 48.5 Å². The Morgan fingerprint density at radius 3 is 2.18 bits per heavy atom. The van der Waals surface area contributed by atoms with Crippen LogP contribution < -0.4 is 5.32 Å². The number of rotatable bonds is 9. The van der Waals surface area contributed by atoms with Crippen LogP contribution in [0.25, 0.3) is 0 Å². The first-order valence-electron chi connectivity index (χ1n) is 10.1. The maximum Gasteiger partial charge on any atom is 0.242 e. The predicted molar refractivity (Wildman–Crippen MR) is 114 cm³/mol. The van der Waals surface area contributed by atoms with Gasteiger partial charge in [0.2, 0.25) is 11.8 Å². The van der Waals surface area contributed by atoms with Crippen LogP contribution in [0.3, 0.4) is 0 Å². The van der Waals surface area contributed by atoms with Crippen molar-refractivity contribution < 1.29 is 9.59 Å². The van der Waals surface area contributed by atoms with Crippen LogP contribution in [-0.4, -0.2) is 29.3 Å². The van der Waals surface area contributed by atoms with E-state index >= 15 is 0 Å². The van der Waals surface area contributed by atoms with Gasteiger partial charge in [0.15, 0.2) is 0 Å². The highest BCUT2D eigenvalue weighted by molar-refractivity contribution is 5.88. The van der Waals surface area contributed by atoms with E-state index in [0.29, 0.717) is 25.9 Å². The molecule has 2 aromatic carbocycles. The number of nitrogens with zero attached hydrogens (tertiary/aromatic N) is 1. The van der Waals surface area contributed by atoms with E-state index in [4.69, 9.17) is 0 Å². The molecule has 0 saturated carbocycles. The Labute approximate surface area is 169 Å². The van der Waals surface area contributed by atoms with Gasteiger partial charge in [0.25, 0.3) is 0 Å². The standard InChI is InChI=1S/C24H32N2O2/c1-5-12-25-24(28)22(6-2)26(17-20-10-8-7-9-11-20)23(27)16-21-14-18(3)13-19(4)15-21/h7-11,13-15,22H,5-6,12,16-17H2,1-4H3,(H,25,28). The molecule has 0 aliphatic rings. The molecule has 150 valence electrons. The van der Waals surface area contributed by atoms with Crippen molar-refractivity contribution in [1.82, 2.24) is 10.2 Å². The molecule has 1 N–H and O–H groups in total. The highest BCUT2D eigenvalue weighted by atomic mass is 16.2. The van der Waals surface area contributed by atoms with Gasteiger partial charge < -0.3 is 10.2 Å². The van der Waals surface area contributed by atoms with Crippen LogP contribution in [-0.2, 0) is 22.6 Å². The number of benzene rings is 2. The Hall–Kier alpha value is -2.62. The van der Waals surface area contributed by atoms with E-state index in [1.165, 1.54) is 0 Å². The summed E-state index contributed by atoms with van der Waals surface area (Å²) in [6.45, 7) is 9.11. The Morgan fingerprint density at radius 1 is 0.964 bits per heavy atom. The van der Waals surface area contributed by atoms with Gasteiger partial charge in [-0.15, -0.1) is 0 Å². The molecule has 28 heavy (non-hydrogen) atoms. The van der Waals surface area contributed by atoms with Crippen molar-refractivity contribution >= 4 is 11.8 Å². The van der Waals surface area contributed by atoms with Gasteiger partial charge in [0.05, 0.1) is 6.42 Å². The third kappa shape index (κ3) is 6.22. The van der Waals surface area contributed by atoms with Crippen molar-refractivity contribution in [2.24, 2.45) is 0 Å². The summed E-state index contributed by atoms with van der Waals surface area (Å²) in [5.74, 6) is -0.0959. The van der Waals surface area contributed by atoms with Gasteiger partial charge in [-0.25, -0.2) is 0 Å². The molecule has 2 rings (SSSR count). The number of carbonyl (C=O) groups excluding carboxylic acids is 2. The third-order valence-corrected chi connectivity index (χ3v) is 4.77. The normalized spacial score (nSPS) is 11.7. The molecule has 4 nitrogen and oxygen atoms in total. The molecule has 0 fully saturated rings. The van der Waals surface area contributed by atoms with Gasteiger partial charge >= 0.3 is 0 Å². The lowest BCUT2D eigenvalue weighted by atomic mass is 10.0. The van der Waals surface area contributed by atoms with Crippen molar-refractivity contribution in [3.05, 3.63) is 70.8 Å². The molecule has 2 aromatic rings. The van der Waals surface area contributed by atoms with Crippen LogP contribution in [0.2, 0.25) is 0 Å². The molecule has 0 aliphatic heterocycles. The fourth-order valence-corrected chi connectivity index (χ4v) is 3.51. The van der Waals surface area contributed by atoms with Crippen LogP contribution in [0, 0.1) is 13.8 Å². The molecular formula is C24H32N2O2. The summed E-state index contributed by atoms with van der Waals surface area (Å²) in [5.41, 5.74) is 4.30. The van der Waals surface area contributed by atoms with Gasteiger partial charge in [0.1, 0.15) is 6.04 Å². The van der Waals surface area contributed by atoms with Gasteiger partial charge in [-0.3, -0.25) is 9.59 Å². The topological polar surface area (TPSA) is 49.4 Å². The second-order valence-corrected chi connectivity index (χ2v) is 7.40. The van der Waals surface area contributed by atoms with Crippen LogP contribution in [0.4, 0.5) is 0 Å². The molecule has 1 atom stereocenters. The number of nitrogens with one attached hydrogen (secondary N) is 1. The van der Waals surface area contributed by atoms with Gasteiger partial charge in [0, 0.05) is 13.1 Å². The van der Waals surface area contributed by atoms with E-state index in [9.17, 15) is 9.59 Å². The molecule has 0 radical (unpaired) electrons. The Balaban J connectivity index is 2.27. The maximum atomic E-state index is 13.3. The van der Waals surface area contributed by atoms with Crippen LogP contribution in [0.5, 0.6) is 0 Å². The highest BCUT2D eigenvalue weighted by Gasteiger charge is 2.28. The first kappa shape index (κ1) is 21.7. The van der Waals surface area contributed by atoms with Crippen molar-refractivity contribution in [3.8, 4) is 0 Å². The van der Waals surface area contributed by atoms with E-state index < -0.39 is 6.04 Å². The minimum atomic E-state index is -0.467. The molecule has 0 bridgehead atoms. The highest BCUT2D eigenvalue weighted by Crippen LogP contribution is 2.16. The molecule has 0 aliphatic carbocycles. The van der Waals surface area contributed by atoms with Crippen LogP contribution in [0.1, 0.15) is 48.9 Å². The van der Waals surface area contributed by atoms with E-state index in [0.717, 1.165) is 28.7 Å². The molecule has 0 spiro atoms. The first-order chi connectivity index (χ1) is 13.4. The van der Waals surface area contributed by atoms with E-state index in [1.54, 1.807) is 4.90 Å². The summed E-state index contributed by atoms with van der Waals surface area (Å²) in [6.07, 6.45) is 1.76. The molecule has 4 heteroatoms. The summed E-state index contributed by atoms with van der Waals surface area (Å²) in [6, 6.07) is 15.6. The minimum Gasteiger partial charge on any atom is -0.354 e. The number of carbonyl (C=O) groups is 2. The second-order valence-electron chi connectivity index (χ2n) is 7.40. The minimum absolute atomic E-state index is 0.0210. The molecule has 0 saturated heterocycles. The van der Waals surface area contributed by atoms with Crippen molar-refractivity contribution in [3.63, 3.8) is 0 Å². The number of amides is 2.